The van der Waals surface area contributed by atoms with Gasteiger partial charge in [0.1, 0.15) is 0 Å². The number of aliphatic hydroxyl groups is 1. The molecule has 112 valence electrons. The van der Waals surface area contributed by atoms with Crippen LogP contribution in [0.3, 0.4) is 0 Å². The highest BCUT2D eigenvalue weighted by atomic mass is 19.4. The number of hydrogen-bond donors (Lipinski definition) is 2. The second-order valence-corrected chi connectivity index (χ2v) is 5.12. The van der Waals surface area contributed by atoms with Crippen molar-refractivity contribution in [2.75, 3.05) is 26.2 Å². The lowest BCUT2D eigenvalue weighted by molar-refractivity contribution is -0.152. The summed E-state index contributed by atoms with van der Waals surface area (Å²) >= 11 is 0. The molecule has 1 aliphatic rings. The Hall–Kier alpha value is -0.820. The number of hydrogen-bond acceptors (Lipinski definition) is 3. The summed E-state index contributed by atoms with van der Waals surface area (Å²) in [5.41, 5.74) is 0. The van der Waals surface area contributed by atoms with Crippen molar-refractivity contribution in [3.05, 3.63) is 0 Å². The minimum atomic E-state index is -4.22. The molecule has 2 N–H and O–H groups in total. The fraction of sp³-hybridized carbons (Fsp3) is 0.917. The molecule has 0 spiro atoms. The minimum Gasteiger partial charge on any atom is -0.393 e. The van der Waals surface area contributed by atoms with Crippen LogP contribution in [0.15, 0.2) is 0 Å². The maximum absolute atomic E-state index is 12.3. The van der Waals surface area contributed by atoms with E-state index < -0.39 is 18.8 Å². The van der Waals surface area contributed by atoms with Crippen LogP contribution in [0.1, 0.15) is 26.2 Å². The molecule has 1 fully saturated rings. The van der Waals surface area contributed by atoms with Gasteiger partial charge in [0.25, 0.3) is 0 Å². The van der Waals surface area contributed by atoms with Crippen LogP contribution in [-0.2, 0) is 4.79 Å². The molecule has 0 aromatic carbocycles. The van der Waals surface area contributed by atoms with E-state index in [9.17, 15) is 18.0 Å². The Bertz CT molecular complexity index is 295. The highest BCUT2D eigenvalue weighted by molar-refractivity contribution is 5.78. The van der Waals surface area contributed by atoms with Gasteiger partial charge >= 0.3 is 6.18 Å². The summed E-state index contributed by atoms with van der Waals surface area (Å²) in [4.78, 5) is 13.1. The van der Waals surface area contributed by atoms with Gasteiger partial charge in [-0.05, 0) is 32.7 Å². The van der Waals surface area contributed by atoms with Gasteiger partial charge in [-0.15, -0.1) is 0 Å². The van der Waals surface area contributed by atoms with Gasteiger partial charge in [0.05, 0.1) is 18.6 Å². The lowest BCUT2D eigenvalue weighted by atomic mass is 9.97. The second kappa shape index (κ2) is 7.09. The number of carbonyl (C=O) groups is 1. The zero-order chi connectivity index (χ0) is 14.5. The quantitative estimate of drug-likeness (QED) is 0.795. The number of halogens is 3. The van der Waals surface area contributed by atoms with Crippen LogP contribution in [0, 0.1) is 5.92 Å². The molecule has 1 heterocycles. The number of amides is 1. The largest absolute Gasteiger partial charge is 0.401 e. The number of nitrogens with one attached hydrogen (secondary N) is 1. The van der Waals surface area contributed by atoms with E-state index in [4.69, 9.17) is 5.11 Å². The molecule has 0 radical (unpaired) electrons. The van der Waals surface area contributed by atoms with Crippen molar-refractivity contribution in [3.8, 4) is 0 Å². The van der Waals surface area contributed by atoms with Gasteiger partial charge in [-0.2, -0.15) is 13.2 Å². The van der Waals surface area contributed by atoms with E-state index in [0.717, 1.165) is 0 Å². The number of piperidine rings is 1. The number of rotatable bonds is 5. The highest BCUT2D eigenvalue weighted by Crippen LogP contribution is 2.22. The van der Waals surface area contributed by atoms with Gasteiger partial charge < -0.3 is 10.4 Å². The van der Waals surface area contributed by atoms with Crippen molar-refractivity contribution in [2.24, 2.45) is 5.92 Å². The highest BCUT2D eigenvalue weighted by Gasteiger charge is 2.34. The standard InChI is InChI=1S/C12H21F3N2O2/c1-9(18)4-5-16-11(19)10-3-2-6-17(7-10)8-12(13,14)15/h9-10,18H,2-8H2,1H3,(H,16,19). The summed E-state index contributed by atoms with van der Waals surface area (Å²) in [6, 6.07) is 0. The SMILES string of the molecule is CC(O)CCNC(=O)C1CCCN(CC(F)(F)F)C1. The zero-order valence-corrected chi connectivity index (χ0v) is 11.0. The van der Waals surface area contributed by atoms with Gasteiger partial charge in [0.15, 0.2) is 0 Å². The van der Waals surface area contributed by atoms with Gasteiger partial charge in [0.2, 0.25) is 5.91 Å². The number of carbonyl (C=O) groups excluding carboxylic acids is 1. The van der Waals surface area contributed by atoms with Crippen LogP contribution in [0.4, 0.5) is 13.2 Å². The van der Waals surface area contributed by atoms with Gasteiger partial charge in [-0.25, -0.2) is 0 Å². The summed E-state index contributed by atoms with van der Waals surface area (Å²) in [5.74, 6) is -0.599. The van der Waals surface area contributed by atoms with Crippen molar-refractivity contribution < 1.29 is 23.1 Å². The predicted octanol–water partition coefficient (Wildman–Crippen LogP) is 1.15. The van der Waals surface area contributed by atoms with Crippen LogP contribution in [-0.4, -0.2) is 54.4 Å². The molecule has 7 heteroatoms. The van der Waals surface area contributed by atoms with Crippen LogP contribution >= 0.6 is 0 Å². The van der Waals surface area contributed by atoms with Gasteiger partial charge in [-0.3, -0.25) is 9.69 Å². The Morgan fingerprint density at radius 2 is 2.21 bits per heavy atom. The maximum Gasteiger partial charge on any atom is 0.401 e. The third-order valence-corrected chi connectivity index (χ3v) is 3.14. The average Bonchev–Trinajstić information content (AvgIpc) is 2.26. The van der Waals surface area contributed by atoms with E-state index in [2.05, 4.69) is 5.32 Å². The fourth-order valence-electron chi connectivity index (χ4n) is 2.22. The first kappa shape index (κ1) is 16.2. The molecule has 1 rings (SSSR count). The topological polar surface area (TPSA) is 52.6 Å². The summed E-state index contributed by atoms with van der Waals surface area (Å²) in [5, 5.41) is 11.7. The predicted molar refractivity (Wildman–Crippen MR) is 64.5 cm³/mol. The van der Waals surface area contributed by atoms with Crippen molar-refractivity contribution in [2.45, 2.75) is 38.5 Å². The van der Waals surface area contributed by atoms with Crippen molar-refractivity contribution in [1.29, 1.82) is 0 Å². The second-order valence-electron chi connectivity index (χ2n) is 5.12. The molecular formula is C12H21F3N2O2. The molecule has 0 aliphatic carbocycles. The van der Waals surface area contributed by atoms with Crippen LogP contribution in [0.5, 0.6) is 0 Å². The Labute approximate surface area is 111 Å². The third-order valence-electron chi connectivity index (χ3n) is 3.14. The summed E-state index contributed by atoms with van der Waals surface area (Å²) < 4.78 is 36.9. The molecule has 2 unspecified atom stereocenters. The first-order valence-electron chi connectivity index (χ1n) is 6.53. The van der Waals surface area contributed by atoms with Crippen molar-refractivity contribution in [3.63, 3.8) is 0 Å². The number of likely N-dealkylation sites (tertiary alicyclic amines) is 1. The average molecular weight is 282 g/mol. The minimum absolute atomic E-state index is 0.153. The monoisotopic (exact) mass is 282 g/mol. The first-order valence-corrected chi connectivity index (χ1v) is 6.53. The third kappa shape index (κ3) is 6.77. The molecule has 1 aliphatic heterocycles. The molecule has 1 saturated heterocycles. The van der Waals surface area contributed by atoms with E-state index in [1.165, 1.54) is 4.90 Å². The van der Waals surface area contributed by atoms with E-state index in [-0.39, 0.29) is 18.4 Å². The molecule has 19 heavy (non-hydrogen) atoms. The molecule has 0 aromatic rings. The smallest absolute Gasteiger partial charge is 0.393 e. The normalized spacial score (nSPS) is 23.1. The zero-order valence-electron chi connectivity index (χ0n) is 11.0. The van der Waals surface area contributed by atoms with Crippen molar-refractivity contribution >= 4 is 5.91 Å². The first-order chi connectivity index (χ1) is 8.78. The Balaban J connectivity index is 2.35. The summed E-state index contributed by atoms with van der Waals surface area (Å²) in [6.07, 6.45) is -3.04. The van der Waals surface area contributed by atoms with Gasteiger partial charge in [0, 0.05) is 13.1 Å². The number of alkyl halides is 3. The molecule has 2 atom stereocenters. The van der Waals surface area contributed by atoms with Crippen LogP contribution < -0.4 is 5.32 Å². The van der Waals surface area contributed by atoms with Gasteiger partial charge in [-0.1, -0.05) is 0 Å². The molecule has 0 aromatic heterocycles. The lowest BCUT2D eigenvalue weighted by Crippen LogP contribution is -2.46. The molecular weight excluding hydrogens is 261 g/mol. The number of aliphatic hydroxyl groups excluding tert-OH is 1. The molecule has 0 bridgehead atoms. The fourth-order valence-corrected chi connectivity index (χ4v) is 2.22. The van der Waals surface area contributed by atoms with E-state index in [1.807, 2.05) is 0 Å². The van der Waals surface area contributed by atoms with Crippen molar-refractivity contribution in [1.82, 2.24) is 10.2 Å². The summed E-state index contributed by atoms with van der Waals surface area (Å²) in [6.45, 7) is 1.56. The van der Waals surface area contributed by atoms with E-state index in [0.29, 0.717) is 32.4 Å². The molecule has 1 amide bonds. The van der Waals surface area contributed by atoms with Crippen LogP contribution in [0.25, 0.3) is 0 Å². The lowest BCUT2D eigenvalue weighted by Gasteiger charge is -2.32. The molecule has 4 nitrogen and oxygen atoms in total. The Morgan fingerprint density at radius 1 is 1.53 bits per heavy atom. The van der Waals surface area contributed by atoms with E-state index in [1.54, 1.807) is 6.92 Å². The van der Waals surface area contributed by atoms with E-state index >= 15 is 0 Å². The number of nitrogens with zero attached hydrogens (tertiary/aromatic N) is 1. The Kier molecular flexibility index (Phi) is 6.06. The summed E-state index contributed by atoms with van der Waals surface area (Å²) in [7, 11) is 0. The van der Waals surface area contributed by atoms with Crippen LogP contribution in [0.2, 0.25) is 0 Å². The molecule has 0 saturated carbocycles. The maximum atomic E-state index is 12.3. The Morgan fingerprint density at radius 3 is 2.79 bits per heavy atom.